The van der Waals surface area contributed by atoms with Crippen LogP contribution in [0.1, 0.15) is 45.7 Å². The van der Waals surface area contributed by atoms with Crippen molar-refractivity contribution in [1.29, 1.82) is 0 Å². The van der Waals surface area contributed by atoms with Crippen LogP contribution in [-0.2, 0) is 9.53 Å². The fraction of sp³-hybridized carbons (Fsp3) is 0.625. The Morgan fingerprint density at radius 2 is 2.33 bits per heavy atom. The van der Waals surface area contributed by atoms with E-state index in [1.165, 1.54) is 0 Å². The van der Waals surface area contributed by atoms with Gasteiger partial charge in [0.2, 0.25) is 5.91 Å². The van der Waals surface area contributed by atoms with Gasteiger partial charge in [0.05, 0.1) is 12.1 Å². The molecule has 21 heavy (non-hydrogen) atoms. The predicted octanol–water partition coefficient (Wildman–Crippen LogP) is 1.79. The van der Waals surface area contributed by atoms with Crippen LogP contribution in [0.25, 0.3) is 0 Å². The highest BCUT2D eigenvalue weighted by atomic mass is 16.5. The van der Waals surface area contributed by atoms with E-state index in [0.29, 0.717) is 13.0 Å². The number of amides is 1. The second-order valence-corrected chi connectivity index (χ2v) is 6.32. The Kier molecular flexibility index (Phi) is 4.35. The molecule has 5 heteroatoms. The average molecular weight is 291 g/mol. The zero-order chi connectivity index (χ0) is 15.7. The minimum Gasteiger partial charge on any atom is -0.378 e. The van der Waals surface area contributed by atoms with Crippen molar-refractivity contribution in [3.05, 3.63) is 30.1 Å². The summed E-state index contributed by atoms with van der Waals surface area (Å²) >= 11 is 0. The van der Waals surface area contributed by atoms with Crippen molar-refractivity contribution < 1.29 is 9.53 Å². The van der Waals surface area contributed by atoms with Crippen molar-refractivity contribution >= 4 is 5.91 Å². The van der Waals surface area contributed by atoms with Crippen molar-refractivity contribution in [1.82, 2.24) is 10.3 Å². The Hall–Kier alpha value is -1.46. The molecule has 1 aromatic heterocycles. The van der Waals surface area contributed by atoms with Crippen molar-refractivity contribution in [2.75, 3.05) is 6.61 Å². The van der Waals surface area contributed by atoms with Crippen molar-refractivity contribution in [3.8, 4) is 0 Å². The molecule has 0 aromatic carbocycles. The number of pyridine rings is 1. The number of aromatic nitrogens is 1. The van der Waals surface area contributed by atoms with Crippen molar-refractivity contribution in [3.63, 3.8) is 0 Å². The number of nitrogens with two attached hydrogens (primary N) is 1. The van der Waals surface area contributed by atoms with Crippen LogP contribution >= 0.6 is 0 Å². The molecule has 1 saturated carbocycles. The first-order chi connectivity index (χ1) is 9.83. The smallest absolute Gasteiger partial charge is 0.241 e. The highest BCUT2D eigenvalue weighted by molar-refractivity contribution is 5.89. The Morgan fingerprint density at radius 1 is 1.62 bits per heavy atom. The molecule has 3 N–H and O–H groups in total. The Bertz CT molecular complexity index is 504. The fourth-order valence-electron chi connectivity index (χ4n) is 2.86. The van der Waals surface area contributed by atoms with Crippen LogP contribution < -0.4 is 11.1 Å². The lowest BCUT2D eigenvalue weighted by Gasteiger charge is -2.57. The fourth-order valence-corrected chi connectivity index (χ4v) is 2.86. The number of hydrogen-bond donors (Lipinski definition) is 2. The highest BCUT2D eigenvalue weighted by Gasteiger charge is 2.62. The van der Waals surface area contributed by atoms with Crippen LogP contribution in [-0.4, -0.2) is 29.1 Å². The lowest BCUT2D eigenvalue weighted by Crippen LogP contribution is -2.75. The molecule has 0 aliphatic heterocycles. The zero-order valence-electron chi connectivity index (χ0n) is 13.2. The number of rotatable bonds is 5. The molecule has 3 atom stereocenters. The number of hydrogen-bond acceptors (Lipinski definition) is 4. The maximum atomic E-state index is 12.6. The van der Waals surface area contributed by atoms with Crippen molar-refractivity contribution in [2.24, 2.45) is 11.1 Å². The lowest BCUT2D eigenvalue weighted by atomic mass is 9.54. The molecule has 1 aliphatic rings. The first-order valence-electron chi connectivity index (χ1n) is 7.44. The van der Waals surface area contributed by atoms with E-state index in [2.05, 4.69) is 10.3 Å². The first kappa shape index (κ1) is 15.9. The third kappa shape index (κ3) is 2.68. The lowest BCUT2D eigenvalue weighted by molar-refractivity contribution is -0.171. The van der Waals surface area contributed by atoms with Gasteiger partial charge in [0, 0.05) is 30.8 Å². The molecule has 3 unspecified atom stereocenters. The Balaban J connectivity index is 2.04. The monoisotopic (exact) mass is 291 g/mol. The molecule has 0 spiro atoms. The van der Waals surface area contributed by atoms with E-state index >= 15 is 0 Å². The van der Waals surface area contributed by atoms with Crippen LogP contribution in [0.3, 0.4) is 0 Å². The number of carbonyl (C=O) groups excluding carboxylic acids is 1. The summed E-state index contributed by atoms with van der Waals surface area (Å²) < 4.78 is 5.66. The molecule has 1 aliphatic carbocycles. The van der Waals surface area contributed by atoms with Gasteiger partial charge >= 0.3 is 0 Å². The first-order valence-corrected chi connectivity index (χ1v) is 7.44. The normalized spacial score (nSPS) is 28.5. The molecule has 1 amide bonds. The van der Waals surface area contributed by atoms with E-state index in [1.807, 2.05) is 39.8 Å². The number of nitrogens with zero attached hydrogens (tertiary/aromatic N) is 1. The summed E-state index contributed by atoms with van der Waals surface area (Å²) in [6, 6.07) is 3.68. The summed E-state index contributed by atoms with van der Waals surface area (Å²) in [6.45, 7) is 8.51. The van der Waals surface area contributed by atoms with E-state index in [-0.39, 0.29) is 23.5 Å². The SMILES string of the molecule is CCOC1CC(N)(C(=O)NC(C)c2cccnc2)C1(C)C. The van der Waals surface area contributed by atoms with Gasteiger partial charge in [-0.2, -0.15) is 0 Å². The molecule has 0 bridgehead atoms. The summed E-state index contributed by atoms with van der Waals surface area (Å²) in [7, 11) is 0. The van der Waals surface area contributed by atoms with Gasteiger partial charge in [0.1, 0.15) is 5.54 Å². The van der Waals surface area contributed by atoms with Crippen LogP contribution in [0.4, 0.5) is 0 Å². The second kappa shape index (κ2) is 5.73. The van der Waals surface area contributed by atoms with Gasteiger partial charge in [0.25, 0.3) is 0 Å². The van der Waals surface area contributed by atoms with Gasteiger partial charge in [-0.05, 0) is 25.5 Å². The molecule has 1 heterocycles. The van der Waals surface area contributed by atoms with Gasteiger partial charge in [-0.3, -0.25) is 9.78 Å². The highest BCUT2D eigenvalue weighted by Crippen LogP contribution is 2.50. The minimum absolute atomic E-state index is 0.0342. The van der Waals surface area contributed by atoms with Gasteiger partial charge in [-0.25, -0.2) is 0 Å². The maximum Gasteiger partial charge on any atom is 0.241 e. The average Bonchev–Trinajstić information content (AvgIpc) is 2.47. The van der Waals surface area contributed by atoms with Gasteiger partial charge in [-0.1, -0.05) is 19.9 Å². The molecule has 0 radical (unpaired) electrons. The second-order valence-electron chi connectivity index (χ2n) is 6.32. The van der Waals surface area contributed by atoms with Crippen LogP contribution in [0.15, 0.2) is 24.5 Å². The van der Waals surface area contributed by atoms with Gasteiger partial charge < -0.3 is 15.8 Å². The molecule has 0 saturated heterocycles. The quantitative estimate of drug-likeness (QED) is 0.867. The van der Waals surface area contributed by atoms with E-state index in [4.69, 9.17) is 10.5 Å². The van der Waals surface area contributed by atoms with Crippen LogP contribution in [0.5, 0.6) is 0 Å². The largest absolute Gasteiger partial charge is 0.378 e. The third-order valence-electron chi connectivity index (χ3n) is 4.77. The molecular weight excluding hydrogens is 266 g/mol. The van der Waals surface area contributed by atoms with E-state index in [0.717, 1.165) is 5.56 Å². The molecule has 1 fully saturated rings. The number of carbonyl (C=O) groups is 1. The summed E-state index contributed by atoms with van der Waals surface area (Å²) in [5, 5.41) is 3.00. The number of nitrogens with one attached hydrogen (secondary N) is 1. The Morgan fingerprint density at radius 3 is 2.86 bits per heavy atom. The van der Waals surface area contributed by atoms with E-state index < -0.39 is 5.54 Å². The van der Waals surface area contributed by atoms with E-state index in [1.54, 1.807) is 12.4 Å². The number of ether oxygens (including phenoxy) is 1. The van der Waals surface area contributed by atoms with E-state index in [9.17, 15) is 4.79 Å². The third-order valence-corrected chi connectivity index (χ3v) is 4.77. The van der Waals surface area contributed by atoms with Crippen LogP contribution in [0, 0.1) is 5.41 Å². The van der Waals surface area contributed by atoms with Gasteiger partial charge in [-0.15, -0.1) is 0 Å². The minimum atomic E-state index is -0.886. The summed E-state index contributed by atoms with van der Waals surface area (Å²) in [5.74, 6) is -0.125. The molecular formula is C16H25N3O2. The topological polar surface area (TPSA) is 77.2 Å². The summed E-state index contributed by atoms with van der Waals surface area (Å²) in [6.07, 6.45) is 4.05. The molecule has 116 valence electrons. The molecule has 1 aromatic rings. The standard InChI is InChI=1S/C16H25N3O2/c1-5-21-13-9-16(17,15(13,3)4)14(20)19-11(2)12-7-6-8-18-10-12/h6-8,10-11,13H,5,9,17H2,1-4H3,(H,19,20). The zero-order valence-corrected chi connectivity index (χ0v) is 13.2. The van der Waals surface area contributed by atoms with Gasteiger partial charge in [0.15, 0.2) is 0 Å². The maximum absolute atomic E-state index is 12.6. The Labute approximate surface area is 126 Å². The molecule has 5 nitrogen and oxygen atoms in total. The summed E-state index contributed by atoms with van der Waals surface area (Å²) in [5.41, 5.74) is 6.07. The van der Waals surface area contributed by atoms with Crippen molar-refractivity contribution in [2.45, 2.75) is 51.8 Å². The summed E-state index contributed by atoms with van der Waals surface area (Å²) in [4.78, 5) is 16.7. The predicted molar refractivity (Wildman–Crippen MR) is 81.5 cm³/mol. The molecule has 2 rings (SSSR count). The van der Waals surface area contributed by atoms with Crippen LogP contribution in [0.2, 0.25) is 0 Å².